The van der Waals surface area contributed by atoms with E-state index in [2.05, 4.69) is 4.74 Å². The van der Waals surface area contributed by atoms with Crippen LogP contribution in [0.2, 0.25) is 0 Å². The molecule has 1 aliphatic rings. The van der Waals surface area contributed by atoms with Crippen molar-refractivity contribution < 1.29 is 72.7 Å². The lowest BCUT2D eigenvalue weighted by atomic mass is 9.92. The molecule has 0 radical (unpaired) electrons. The molecule has 0 aromatic heterocycles. The third-order valence-corrected chi connectivity index (χ3v) is 9.54. The number of carbonyl (C=O) groups is 3. The number of rotatable bonds is 16. The molecular formula is C45H72N2O15. The molecule has 3 aromatic carbocycles. The van der Waals surface area contributed by atoms with Crippen LogP contribution in [0.15, 0.2) is 72.8 Å². The lowest BCUT2D eigenvalue weighted by molar-refractivity contribution is -0.420. The summed E-state index contributed by atoms with van der Waals surface area (Å²) >= 11 is 0. The first-order chi connectivity index (χ1) is 28.7. The SMILES string of the molecule is CO.CO.COCc1ccc(CC2(C)O[C@@](C)(OC)C(C)(OC)OC2=O)cc1.COCc1ccc(C[C@](C)(O)C(=O)OC)cc1.COCc1ccc(C[C@](C)(O)C(N)=O)cc1.N. The van der Waals surface area contributed by atoms with Gasteiger partial charge in [0.05, 0.1) is 26.9 Å². The Hall–Kier alpha value is -4.37. The van der Waals surface area contributed by atoms with Crippen LogP contribution in [0.5, 0.6) is 0 Å². The van der Waals surface area contributed by atoms with Crippen LogP contribution in [-0.4, -0.2) is 124 Å². The van der Waals surface area contributed by atoms with E-state index < -0.39 is 46.2 Å². The Bertz CT molecular complexity index is 1720. The molecule has 17 nitrogen and oxygen atoms in total. The molecule has 0 bridgehead atoms. The molecule has 17 heteroatoms. The summed E-state index contributed by atoms with van der Waals surface area (Å²) in [5.74, 6) is -4.37. The van der Waals surface area contributed by atoms with Crippen LogP contribution in [0.4, 0.5) is 0 Å². The van der Waals surface area contributed by atoms with Crippen molar-refractivity contribution in [1.29, 1.82) is 0 Å². The number of benzene rings is 3. The predicted molar refractivity (Wildman–Crippen MR) is 233 cm³/mol. The number of hydrogen-bond acceptors (Lipinski definition) is 16. The highest BCUT2D eigenvalue weighted by atomic mass is 16.8. The monoisotopic (exact) mass is 880 g/mol. The van der Waals surface area contributed by atoms with Crippen molar-refractivity contribution in [3.8, 4) is 0 Å². The van der Waals surface area contributed by atoms with Crippen molar-refractivity contribution in [3.63, 3.8) is 0 Å². The second-order valence-electron chi connectivity index (χ2n) is 14.7. The largest absolute Gasteiger partial charge is 0.467 e. The summed E-state index contributed by atoms with van der Waals surface area (Å²) < 4.78 is 42.1. The van der Waals surface area contributed by atoms with Gasteiger partial charge in [0.1, 0.15) is 5.60 Å². The molecule has 62 heavy (non-hydrogen) atoms. The summed E-state index contributed by atoms with van der Waals surface area (Å²) in [6.45, 7) is 9.52. The molecule has 9 N–H and O–H groups in total. The number of amides is 1. The Kier molecular flexibility index (Phi) is 27.3. The third kappa shape index (κ3) is 18.2. The normalized spacial score (nSPS) is 20.7. The Morgan fingerprint density at radius 1 is 0.597 bits per heavy atom. The van der Waals surface area contributed by atoms with Crippen LogP contribution < -0.4 is 11.9 Å². The van der Waals surface area contributed by atoms with Gasteiger partial charge in [-0.1, -0.05) is 72.8 Å². The Balaban J connectivity index is 0. The molecule has 1 fully saturated rings. The summed E-state index contributed by atoms with van der Waals surface area (Å²) in [4.78, 5) is 34.8. The topological polar surface area (TPSA) is 267 Å². The van der Waals surface area contributed by atoms with E-state index in [-0.39, 0.29) is 19.0 Å². The van der Waals surface area contributed by atoms with Crippen molar-refractivity contribution in [1.82, 2.24) is 6.15 Å². The first-order valence-electron chi connectivity index (χ1n) is 19.1. The smallest absolute Gasteiger partial charge is 0.341 e. The molecule has 1 amide bonds. The van der Waals surface area contributed by atoms with Crippen molar-refractivity contribution >= 4 is 17.8 Å². The maximum atomic E-state index is 12.6. The Morgan fingerprint density at radius 2 is 0.919 bits per heavy atom. The van der Waals surface area contributed by atoms with E-state index in [1.165, 1.54) is 35.2 Å². The standard InChI is InChI=1S/C18H26O6.C13H18O4.C12H17NO3.2CH4O.H3N/c1-16(11-13-7-9-14(10-8-13)12-20-4)15(19)23-17(2,21-5)18(3,22-6)24-16;1-13(15,12(14)17-3)8-10-4-6-11(7-5-10)9-16-2;1-12(15,11(13)14)7-9-3-5-10(6-4-9)8-16-2;2*1-2;/h7-10H,11-12H2,1-6H3;4-7,15H,8-9H2,1-3H3;3-6,15H,7-8H2,1-2H3,(H2,13,14);2*2H,1H3;1H3/t16?,17?,18-;13-;12-;;;/m100.../s1. The molecule has 1 saturated heterocycles. The van der Waals surface area contributed by atoms with Gasteiger partial charge in [0.25, 0.3) is 5.79 Å². The van der Waals surface area contributed by atoms with Gasteiger partial charge in [-0.2, -0.15) is 0 Å². The van der Waals surface area contributed by atoms with Gasteiger partial charge in [-0.25, -0.2) is 9.59 Å². The van der Waals surface area contributed by atoms with E-state index in [0.717, 1.165) is 47.6 Å². The number of hydrogen-bond donors (Lipinski definition) is 6. The van der Waals surface area contributed by atoms with Crippen LogP contribution in [0.3, 0.4) is 0 Å². The summed E-state index contributed by atoms with van der Waals surface area (Å²) in [5, 5.41) is 33.6. The van der Waals surface area contributed by atoms with Crippen molar-refractivity contribution in [2.75, 3.05) is 56.9 Å². The van der Waals surface area contributed by atoms with Gasteiger partial charge in [0.2, 0.25) is 11.7 Å². The minimum absolute atomic E-state index is 0. The average molecular weight is 881 g/mol. The Morgan fingerprint density at radius 3 is 1.23 bits per heavy atom. The number of nitrogens with two attached hydrogens (primary N) is 1. The number of esters is 2. The summed E-state index contributed by atoms with van der Waals surface area (Å²) in [7, 11) is 11.1. The molecule has 4 rings (SSSR count). The maximum absolute atomic E-state index is 12.6. The number of aliphatic hydroxyl groups is 4. The van der Waals surface area contributed by atoms with Crippen LogP contribution in [0.25, 0.3) is 0 Å². The number of carbonyl (C=O) groups excluding carboxylic acids is 3. The molecule has 5 atom stereocenters. The van der Waals surface area contributed by atoms with E-state index in [0.29, 0.717) is 26.2 Å². The number of cyclic esters (lactones) is 1. The van der Waals surface area contributed by atoms with Crippen LogP contribution in [0.1, 0.15) is 68.0 Å². The molecule has 0 spiro atoms. The molecular weight excluding hydrogens is 808 g/mol. The van der Waals surface area contributed by atoms with Crippen LogP contribution in [-0.2, 0) is 91.4 Å². The Labute approximate surface area is 366 Å². The van der Waals surface area contributed by atoms with Crippen LogP contribution in [0, 0.1) is 0 Å². The number of aliphatic hydroxyl groups excluding tert-OH is 2. The van der Waals surface area contributed by atoms with Gasteiger partial charge >= 0.3 is 11.9 Å². The molecule has 0 aliphatic carbocycles. The van der Waals surface area contributed by atoms with E-state index >= 15 is 0 Å². The van der Waals surface area contributed by atoms with Gasteiger partial charge in [-0.05, 0) is 61.1 Å². The molecule has 0 saturated carbocycles. The van der Waals surface area contributed by atoms with Crippen molar-refractivity contribution in [3.05, 3.63) is 106 Å². The zero-order chi connectivity index (χ0) is 47.1. The molecule has 2 unspecified atom stereocenters. The van der Waals surface area contributed by atoms with E-state index in [1.54, 1.807) is 42.1 Å². The predicted octanol–water partition coefficient (Wildman–Crippen LogP) is 3.72. The van der Waals surface area contributed by atoms with E-state index in [4.69, 9.17) is 49.1 Å². The quantitative estimate of drug-likeness (QED) is 0.112. The average Bonchev–Trinajstić information content (AvgIpc) is 3.24. The second kappa shape index (κ2) is 28.3. The van der Waals surface area contributed by atoms with E-state index in [9.17, 15) is 24.6 Å². The summed E-state index contributed by atoms with van der Waals surface area (Å²) in [5.41, 5.74) is 6.78. The fourth-order valence-electron chi connectivity index (χ4n) is 5.83. The van der Waals surface area contributed by atoms with Gasteiger partial charge in [0, 0.05) is 76.0 Å². The molecule has 1 aliphatic heterocycles. The van der Waals surface area contributed by atoms with Crippen LogP contribution >= 0.6 is 0 Å². The van der Waals surface area contributed by atoms with Crippen molar-refractivity contribution in [2.24, 2.45) is 5.73 Å². The van der Waals surface area contributed by atoms with Gasteiger partial charge < -0.3 is 70.2 Å². The number of methoxy groups -OCH3 is 6. The first kappa shape index (κ1) is 59.7. The van der Waals surface area contributed by atoms with Gasteiger partial charge in [-0.15, -0.1) is 0 Å². The maximum Gasteiger partial charge on any atom is 0.341 e. The fraction of sp³-hybridized carbons (Fsp3) is 0.533. The molecule has 3 aromatic rings. The number of ether oxygens (including phenoxy) is 8. The minimum Gasteiger partial charge on any atom is -0.467 e. The van der Waals surface area contributed by atoms with Gasteiger partial charge in [0.15, 0.2) is 11.2 Å². The molecule has 352 valence electrons. The highest BCUT2D eigenvalue weighted by Gasteiger charge is 2.61. The molecule has 1 heterocycles. The second-order valence-corrected chi connectivity index (χ2v) is 14.7. The zero-order valence-electron chi connectivity index (χ0n) is 38.7. The summed E-state index contributed by atoms with van der Waals surface area (Å²) in [6.07, 6.45) is 0.806. The first-order valence-corrected chi connectivity index (χ1v) is 19.1. The highest BCUT2D eigenvalue weighted by molar-refractivity contribution is 5.83. The summed E-state index contributed by atoms with van der Waals surface area (Å²) in [6, 6.07) is 22.9. The third-order valence-electron chi connectivity index (χ3n) is 9.54. The highest BCUT2D eigenvalue weighted by Crippen LogP contribution is 2.42. The lowest BCUT2D eigenvalue weighted by Crippen LogP contribution is -2.68. The zero-order valence-corrected chi connectivity index (χ0v) is 38.7. The lowest BCUT2D eigenvalue weighted by Gasteiger charge is -2.51. The van der Waals surface area contributed by atoms with E-state index in [1.807, 2.05) is 72.8 Å². The minimum atomic E-state index is -1.50. The fourth-order valence-corrected chi connectivity index (χ4v) is 5.83. The van der Waals surface area contributed by atoms with Crippen molar-refractivity contribution in [2.45, 2.75) is 102 Å². The number of primary amides is 1. The van der Waals surface area contributed by atoms with Gasteiger partial charge in [-0.3, -0.25) is 4.79 Å².